The maximum Gasteiger partial charge on any atom is 0.407 e. The van der Waals surface area contributed by atoms with Crippen LogP contribution in [0.4, 0.5) is 10.7 Å². The van der Waals surface area contributed by atoms with Gasteiger partial charge in [0, 0.05) is 12.6 Å². The number of unbranched alkanes of at least 4 members (excludes halogenated alkanes) is 1. The first-order valence-corrected chi connectivity index (χ1v) is 10.2. The van der Waals surface area contributed by atoms with Crippen molar-refractivity contribution in [2.45, 2.75) is 65.5 Å². The van der Waals surface area contributed by atoms with E-state index < -0.39 is 5.60 Å². The topological polar surface area (TPSA) is 121 Å². The Morgan fingerprint density at radius 1 is 1.30 bits per heavy atom. The fraction of sp³-hybridized carbons (Fsp3) is 0.524. The molecule has 3 N–H and O–H groups in total. The molecule has 30 heavy (non-hydrogen) atoms. The zero-order valence-corrected chi connectivity index (χ0v) is 18.2. The molecule has 0 saturated carbocycles. The van der Waals surface area contributed by atoms with E-state index in [4.69, 9.17) is 15.0 Å². The van der Waals surface area contributed by atoms with Crippen LogP contribution in [0, 0.1) is 6.92 Å². The van der Waals surface area contributed by atoms with Crippen molar-refractivity contribution in [1.82, 2.24) is 25.0 Å². The summed E-state index contributed by atoms with van der Waals surface area (Å²) in [5.74, 6) is 1.48. The number of hydrogen-bond donors (Lipinski definition) is 2. The maximum atomic E-state index is 11.7. The van der Waals surface area contributed by atoms with Gasteiger partial charge in [-0.05, 0) is 66.0 Å². The number of nitrogens with one attached hydrogen (secondary N) is 1. The molecular weight excluding hydrogens is 384 g/mol. The zero-order valence-electron chi connectivity index (χ0n) is 18.2. The van der Waals surface area contributed by atoms with Crippen molar-refractivity contribution in [3.8, 4) is 11.5 Å². The molecule has 0 fully saturated rings. The minimum atomic E-state index is -0.493. The highest BCUT2D eigenvalue weighted by atomic mass is 16.6. The predicted molar refractivity (Wildman–Crippen MR) is 115 cm³/mol. The Balaban J connectivity index is 1.66. The number of hydrogen-bond acceptors (Lipinski definition) is 7. The highest BCUT2D eigenvalue weighted by Crippen LogP contribution is 2.33. The summed E-state index contributed by atoms with van der Waals surface area (Å²) in [5.41, 5.74) is 8.25. The van der Waals surface area contributed by atoms with Crippen LogP contribution < -0.4 is 11.1 Å². The van der Waals surface area contributed by atoms with Gasteiger partial charge in [0.1, 0.15) is 5.60 Å². The average molecular weight is 415 g/mol. The highest BCUT2D eigenvalue weighted by molar-refractivity contribution is 5.91. The zero-order chi connectivity index (χ0) is 21.9. The van der Waals surface area contributed by atoms with E-state index in [0.717, 1.165) is 35.9 Å². The van der Waals surface area contributed by atoms with Gasteiger partial charge in [-0.15, -0.1) is 0 Å². The number of para-hydroxylation sites is 1. The molecule has 2 aromatic heterocycles. The Morgan fingerprint density at radius 3 is 2.73 bits per heavy atom. The van der Waals surface area contributed by atoms with Gasteiger partial charge < -0.3 is 24.9 Å². The summed E-state index contributed by atoms with van der Waals surface area (Å²) in [5, 5.41) is 6.68. The summed E-state index contributed by atoms with van der Waals surface area (Å²) in [6.45, 7) is 9.99. The van der Waals surface area contributed by atoms with Crippen molar-refractivity contribution in [2.24, 2.45) is 0 Å². The van der Waals surface area contributed by atoms with E-state index in [1.807, 2.05) is 43.5 Å². The van der Waals surface area contributed by atoms with Crippen molar-refractivity contribution in [2.75, 3.05) is 12.3 Å². The lowest BCUT2D eigenvalue weighted by Crippen LogP contribution is -2.33. The van der Waals surface area contributed by atoms with Gasteiger partial charge >= 0.3 is 6.09 Å². The van der Waals surface area contributed by atoms with Gasteiger partial charge in [-0.1, -0.05) is 11.2 Å². The third-order valence-corrected chi connectivity index (χ3v) is 4.65. The number of aromatic nitrogens is 4. The van der Waals surface area contributed by atoms with Crippen molar-refractivity contribution in [1.29, 1.82) is 0 Å². The van der Waals surface area contributed by atoms with E-state index in [1.165, 1.54) is 0 Å². The third-order valence-electron chi connectivity index (χ3n) is 4.65. The van der Waals surface area contributed by atoms with Crippen molar-refractivity contribution in [3.63, 3.8) is 0 Å². The van der Waals surface area contributed by atoms with Crippen LogP contribution in [0.15, 0.2) is 22.7 Å². The lowest BCUT2D eigenvalue weighted by Gasteiger charge is -2.20. The standard InChI is InChI=1S/C21H30N6O3/c1-13(9-6-7-12-23-20(28)29-21(3,4)5)27-17-15(18-24-14(2)26-30-18)10-8-11-16(17)25-19(27)22/h8,10-11,13H,6-7,9,12H2,1-5H3,(H2,22,25)(H,23,28)/t13-/m0/s1. The summed E-state index contributed by atoms with van der Waals surface area (Å²) in [4.78, 5) is 20.6. The number of nitrogens with zero attached hydrogens (tertiary/aromatic N) is 4. The van der Waals surface area contributed by atoms with Crippen molar-refractivity contribution >= 4 is 23.1 Å². The molecule has 0 bridgehead atoms. The minimum Gasteiger partial charge on any atom is -0.444 e. The van der Waals surface area contributed by atoms with Crippen LogP contribution in [0.1, 0.15) is 58.8 Å². The Labute approximate surface area is 176 Å². The van der Waals surface area contributed by atoms with Crippen LogP contribution in [0.3, 0.4) is 0 Å². The van der Waals surface area contributed by atoms with Gasteiger partial charge in [0.2, 0.25) is 5.95 Å². The summed E-state index contributed by atoms with van der Waals surface area (Å²) in [6, 6.07) is 5.87. The predicted octanol–water partition coefficient (Wildman–Crippen LogP) is 4.23. The first-order chi connectivity index (χ1) is 14.2. The number of carbonyl (C=O) groups excluding carboxylic acids is 1. The fourth-order valence-corrected chi connectivity index (χ4v) is 3.39. The molecule has 162 valence electrons. The Kier molecular flexibility index (Phi) is 6.28. The molecule has 1 atom stereocenters. The number of rotatable bonds is 7. The van der Waals surface area contributed by atoms with E-state index >= 15 is 0 Å². The third kappa shape index (κ3) is 5.08. The molecule has 0 spiro atoms. The molecule has 0 aliphatic heterocycles. The molecule has 0 radical (unpaired) electrons. The second-order valence-electron chi connectivity index (χ2n) is 8.43. The Bertz CT molecular complexity index is 1020. The lowest BCUT2D eigenvalue weighted by molar-refractivity contribution is 0.0527. The SMILES string of the molecule is Cc1noc(-c2cccc3nc(N)n([C@@H](C)CCCCNC(=O)OC(C)(C)C)c23)n1. The molecule has 9 heteroatoms. The van der Waals surface area contributed by atoms with Gasteiger partial charge in [-0.3, -0.25) is 0 Å². The number of anilines is 1. The summed E-state index contributed by atoms with van der Waals surface area (Å²) >= 11 is 0. The number of imidazole rings is 1. The molecule has 3 aromatic rings. The van der Waals surface area contributed by atoms with Gasteiger partial charge in [-0.2, -0.15) is 4.98 Å². The molecule has 0 aliphatic rings. The number of benzene rings is 1. The molecule has 1 amide bonds. The van der Waals surface area contributed by atoms with Crippen molar-refractivity contribution < 1.29 is 14.1 Å². The van der Waals surface area contributed by atoms with E-state index in [2.05, 4.69) is 27.4 Å². The number of aryl methyl sites for hydroxylation is 1. The number of amides is 1. The van der Waals surface area contributed by atoms with Crippen LogP contribution in [0.25, 0.3) is 22.5 Å². The monoisotopic (exact) mass is 414 g/mol. The normalized spacial score (nSPS) is 12.8. The number of carbonyl (C=O) groups is 1. The largest absolute Gasteiger partial charge is 0.444 e. The maximum absolute atomic E-state index is 11.7. The van der Waals surface area contributed by atoms with Crippen LogP contribution in [0.5, 0.6) is 0 Å². The highest BCUT2D eigenvalue weighted by Gasteiger charge is 2.20. The smallest absolute Gasteiger partial charge is 0.407 e. The van der Waals surface area contributed by atoms with E-state index in [-0.39, 0.29) is 12.1 Å². The summed E-state index contributed by atoms with van der Waals surface area (Å²) in [6.07, 6.45) is 2.24. The van der Waals surface area contributed by atoms with Gasteiger partial charge in [0.05, 0.1) is 16.6 Å². The van der Waals surface area contributed by atoms with Crippen LogP contribution >= 0.6 is 0 Å². The molecule has 0 aliphatic carbocycles. The Morgan fingerprint density at radius 2 is 2.07 bits per heavy atom. The second kappa shape index (κ2) is 8.73. The second-order valence-corrected chi connectivity index (χ2v) is 8.43. The number of fused-ring (bicyclic) bond motifs is 1. The molecule has 2 heterocycles. The minimum absolute atomic E-state index is 0.113. The van der Waals surface area contributed by atoms with Crippen LogP contribution in [-0.2, 0) is 4.74 Å². The van der Waals surface area contributed by atoms with Gasteiger partial charge in [0.25, 0.3) is 5.89 Å². The quantitative estimate of drug-likeness (QED) is 0.555. The van der Waals surface area contributed by atoms with E-state index in [0.29, 0.717) is 24.2 Å². The summed E-state index contributed by atoms with van der Waals surface area (Å²) < 4.78 is 12.6. The van der Waals surface area contributed by atoms with Gasteiger partial charge in [-0.25, -0.2) is 9.78 Å². The average Bonchev–Trinajstić information content (AvgIpc) is 3.21. The summed E-state index contributed by atoms with van der Waals surface area (Å²) in [7, 11) is 0. The van der Waals surface area contributed by atoms with E-state index in [9.17, 15) is 4.79 Å². The number of nitrogens with two attached hydrogens (primary N) is 1. The first kappa shape index (κ1) is 21.6. The van der Waals surface area contributed by atoms with Crippen LogP contribution in [-0.4, -0.2) is 37.9 Å². The number of nitrogen functional groups attached to an aromatic ring is 1. The molecular formula is C21H30N6O3. The lowest BCUT2D eigenvalue weighted by atomic mass is 10.1. The molecule has 9 nitrogen and oxygen atoms in total. The van der Waals surface area contributed by atoms with Crippen molar-refractivity contribution in [3.05, 3.63) is 24.0 Å². The first-order valence-electron chi connectivity index (χ1n) is 10.2. The molecule has 1 aromatic carbocycles. The molecule has 0 saturated heterocycles. The van der Waals surface area contributed by atoms with Crippen LogP contribution in [0.2, 0.25) is 0 Å². The van der Waals surface area contributed by atoms with Gasteiger partial charge in [0.15, 0.2) is 5.82 Å². The fourth-order valence-electron chi connectivity index (χ4n) is 3.39. The van der Waals surface area contributed by atoms with E-state index in [1.54, 1.807) is 6.92 Å². The Hall–Kier alpha value is -3.10. The number of ether oxygens (including phenoxy) is 1. The number of alkyl carbamates (subject to hydrolysis) is 1. The molecule has 0 unspecified atom stereocenters. The molecule has 3 rings (SSSR count).